The van der Waals surface area contributed by atoms with Crippen molar-refractivity contribution in [3.05, 3.63) is 72.1 Å². The summed E-state index contributed by atoms with van der Waals surface area (Å²) in [7, 11) is 0. The maximum absolute atomic E-state index is 12.9. The van der Waals surface area contributed by atoms with Crippen molar-refractivity contribution in [3.8, 4) is 5.69 Å². The molecule has 120 valence electrons. The van der Waals surface area contributed by atoms with E-state index < -0.39 is 0 Å². The molecule has 2 heterocycles. The van der Waals surface area contributed by atoms with Gasteiger partial charge in [-0.25, -0.2) is 4.68 Å². The van der Waals surface area contributed by atoms with E-state index in [1.165, 1.54) is 5.56 Å². The third kappa shape index (κ3) is 2.69. The Labute approximate surface area is 140 Å². The van der Waals surface area contributed by atoms with Crippen LogP contribution in [0, 0.1) is 0 Å². The Hall–Kier alpha value is -2.95. The Morgan fingerprint density at radius 2 is 1.83 bits per heavy atom. The van der Waals surface area contributed by atoms with Crippen molar-refractivity contribution in [3.63, 3.8) is 0 Å². The number of nitrogens with zero attached hydrogens (tertiary/aromatic N) is 4. The van der Waals surface area contributed by atoms with Gasteiger partial charge in [0.1, 0.15) is 0 Å². The van der Waals surface area contributed by atoms with Gasteiger partial charge in [-0.3, -0.25) is 4.79 Å². The molecule has 0 saturated heterocycles. The maximum Gasteiger partial charge on any atom is 0.233 e. The van der Waals surface area contributed by atoms with Gasteiger partial charge < -0.3 is 4.90 Å². The number of carbonyl (C=O) groups excluding carboxylic acids is 1. The van der Waals surface area contributed by atoms with Crippen molar-refractivity contribution in [2.24, 2.45) is 0 Å². The maximum atomic E-state index is 12.9. The molecule has 0 saturated carbocycles. The van der Waals surface area contributed by atoms with Gasteiger partial charge in [0.05, 0.1) is 24.0 Å². The van der Waals surface area contributed by atoms with E-state index in [2.05, 4.69) is 16.4 Å². The highest BCUT2D eigenvalue weighted by Crippen LogP contribution is 2.27. The zero-order valence-corrected chi connectivity index (χ0v) is 13.3. The number of rotatable bonds is 3. The van der Waals surface area contributed by atoms with E-state index in [9.17, 15) is 4.79 Å². The molecule has 1 amide bonds. The molecule has 1 aliphatic heterocycles. The number of hydrogen-bond donors (Lipinski definition) is 0. The lowest BCUT2D eigenvalue weighted by Gasteiger charge is -2.29. The summed E-state index contributed by atoms with van der Waals surface area (Å²) >= 11 is 0. The largest absolute Gasteiger partial charge is 0.312 e. The predicted molar refractivity (Wildman–Crippen MR) is 92.2 cm³/mol. The molecule has 2 aromatic carbocycles. The first-order valence-electron chi connectivity index (χ1n) is 8.16. The van der Waals surface area contributed by atoms with Crippen LogP contribution in [0.25, 0.3) is 5.69 Å². The molecule has 1 aliphatic rings. The van der Waals surface area contributed by atoms with Gasteiger partial charge in [-0.1, -0.05) is 41.6 Å². The third-order valence-electron chi connectivity index (χ3n) is 4.36. The van der Waals surface area contributed by atoms with E-state index in [1.807, 2.05) is 53.4 Å². The van der Waals surface area contributed by atoms with Crippen LogP contribution in [0.5, 0.6) is 0 Å². The molecule has 0 spiro atoms. The monoisotopic (exact) mass is 318 g/mol. The first-order valence-corrected chi connectivity index (χ1v) is 8.16. The molecule has 1 aromatic heterocycles. The summed E-state index contributed by atoms with van der Waals surface area (Å²) in [6, 6.07) is 17.9. The summed E-state index contributed by atoms with van der Waals surface area (Å²) < 4.78 is 1.73. The SMILES string of the molecule is O=C(Cc1cnnn1-c1ccccc1)N1CCCc2ccccc21. The standard InChI is InChI=1S/C19H18N4O/c24-19(22-12-6-8-15-7-4-5-11-18(15)22)13-17-14-20-21-23(17)16-9-2-1-3-10-16/h1-5,7,9-11,14H,6,8,12-13H2. The average molecular weight is 318 g/mol. The molecule has 4 rings (SSSR count). The van der Waals surface area contributed by atoms with Crippen LogP contribution in [0.2, 0.25) is 0 Å². The summed E-state index contributed by atoms with van der Waals surface area (Å²) in [4.78, 5) is 14.8. The quantitative estimate of drug-likeness (QED) is 0.746. The molecular weight excluding hydrogens is 300 g/mol. The van der Waals surface area contributed by atoms with Gasteiger partial charge in [-0.05, 0) is 36.6 Å². The Morgan fingerprint density at radius 3 is 2.71 bits per heavy atom. The topological polar surface area (TPSA) is 51.0 Å². The second-order valence-electron chi connectivity index (χ2n) is 5.93. The van der Waals surface area contributed by atoms with E-state index in [-0.39, 0.29) is 12.3 Å². The summed E-state index contributed by atoms with van der Waals surface area (Å²) in [5, 5.41) is 8.11. The minimum Gasteiger partial charge on any atom is -0.312 e. The highest BCUT2D eigenvalue weighted by atomic mass is 16.2. The number of anilines is 1. The molecule has 5 nitrogen and oxygen atoms in total. The number of amides is 1. The lowest BCUT2D eigenvalue weighted by molar-refractivity contribution is -0.118. The minimum absolute atomic E-state index is 0.0848. The molecule has 0 atom stereocenters. The molecule has 0 unspecified atom stereocenters. The van der Waals surface area contributed by atoms with Crippen LogP contribution in [0.15, 0.2) is 60.8 Å². The van der Waals surface area contributed by atoms with Gasteiger partial charge in [-0.2, -0.15) is 0 Å². The van der Waals surface area contributed by atoms with Crippen LogP contribution in [0.3, 0.4) is 0 Å². The Balaban J connectivity index is 1.60. The van der Waals surface area contributed by atoms with E-state index in [4.69, 9.17) is 0 Å². The average Bonchev–Trinajstić information content (AvgIpc) is 3.10. The van der Waals surface area contributed by atoms with E-state index in [0.717, 1.165) is 36.5 Å². The highest BCUT2D eigenvalue weighted by Gasteiger charge is 2.23. The van der Waals surface area contributed by atoms with E-state index in [1.54, 1.807) is 10.9 Å². The second-order valence-corrected chi connectivity index (χ2v) is 5.93. The van der Waals surface area contributed by atoms with Crippen LogP contribution in [0.4, 0.5) is 5.69 Å². The van der Waals surface area contributed by atoms with Crippen LogP contribution in [-0.4, -0.2) is 27.4 Å². The molecule has 0 bridgehead atoms. The molecular formula is C19H18N4O. The lowest BCUT2D eigenvalue weighted by atomic mass is 10.0. The number of fused-ring (bicyclic) bond motifs is 1. The summed E-state index contributed by atoms with van der Waals surface area (Å²) in [6.45, 7) is 0.767. The first-order chi connectivity index (χ1) is 11.8. The fourth-order valence-electron chi connectivity index (χ4n) is 3.21. The van der Waals surface area contributed by atoms with Gasteiger partial charge >= 0.3 is 0 Å². The first kappa shape index (κ1) is 14.6. The number of benzene rings is 2. The zero-order chi connectivity index (χ0) is 16.4. The van der Waals surface area contributed by atoms with Gasteiger partial charge in [-0.15, -0.1) is 5.10 Å². The number of aryl methyl sites for hydroxylation is 1. The smallest absolute Gasteiger partial charge is 0.233 e. The van der Waals surface area contributed by atoms with Crippen molar-refractivity contribution in [1.82, 2.24) is 15.0 Å². The van der Waals surface area contributed by atoms with E-state index >= 15 is 0 Å². The van der Waals surface area contributed by atoms with Crippen LogP contribution < -0.4 is 4.90 Å². The number of hydrogen-bond acceptors (Lipinski definition) is 3. The highest BCUT2D eigenvalue weighted by molar-refractivity contribution is 5.95. The van der Waals surface area contributed by atoms with Crippen LogP contribution in [-0.2, 0) is 17.6 Å². The van der Waals surface area contributed by atoms with E-state index in [0.29, 0.717) is 0 Å². The molecule has 0 radical (unpaired) electrons. The molecule has 0 N–H and O–H groups in total. The van der Waals surface area contributed by atoms with Crippen LogP contribution in [0.1, 0.15) is 17.7 Å². The minimum atomic E-state index is 0.0848. The molecule has 0 fully saturated rings. The molecule has 5 heteroatoms. The van der Waals surface area contributed by atoms with Crippen molar-refractivity contribution in [1.29, 1.82) is 0 Å². The van der Waals surface area contributed by atoms with Gasteiger partial charge in [0.15, 0.2) is 0 Å². The number of para-hydroxylation sites is 2. The fourth-order valence-corrected chi connectivity index (χ4v) is 3.21. The van der Waals surface area contributed by atoms with Crippen LogP contribution >= 0.6 is 0 Å². The van der Waals surface area contributed by atoms with Gasteiger partial charge in [0, 0.05) is 12.2 Å². The summed E-state index contributed by atoms with van der Waals surface area (Å²) in [5.74, 6) is 0.0848. The van der Waals surface area contributed by atoms with Crippen molar-refractivity contribution in [2.75, 3.05) is 11.4 Å². The van der Waals surface area contributed by atoms with Gasteiger partial charge in [0.2, 0.25) is 5.91 Å². The third-order valence-corrected chi connectivity index (χ3v) is 4.36. The Kier molecular flexibility index (Phi) is 3.83. The summed E-state index contributed by atoms with van der Waals surface area (Å²) in [5.41, 5.74) is 3.99. The summed E-state index contributed by atoms with van der Waals surface area (Å²) in [6.07, 6.45) is 3.99. The van der Waals surface area contributed by atoms with Crippen molar-refractivity contribution >= 4 is 11.6 Å². The van der Waals surface area contributed by atoms with Crippen molar-refractivity contribution < 1.29 is 4.79 Å². The number of aromatic nitrogens is 3. The second kappa shape index (κ2) is 6.28. The normalized spacial score (nSPS) is 13.6. The zero-order valence-electron chi connectivity index (χ0n) is 13.3. The fraction of sp³-hybridized carbons (Fsp3) is 0.211. The number of carbonyl (C=O) groups is 1. The lowest BCUT2D eigenvalue weighted by Crippen LogP contribution is -2.36. The molecule has 24 heavy (non-hydrogen) atoms. The Bertz CT molecular complexity index is 857. The van der Waals surface area contributed by atoms with Crippen molar-refractivity contribution in [2.45, 2.75) is 19.3 Å². The predicted octanol–water partition coefficient (Wildman–Crippen LogP) is 2.79. The molecule has 0 aliphatic carbocycles. The Morgan fingerprint density at radius 1 is 1.04 bits per heavy atom. The van der Waals surface area contributed by atoms with Gasteiger partial charge in [0.25, 0.3) is 0 Å². The molecule has 3 aromatic rings.